The van der Waals surface area contributed by atoms with Crippen molar-refractivity contribution in [1.82, 2.24) is 0 Å². The second-order valence-electron chi connectivity index (χ2n) is 7.04. The van der Waals surface area contributed by atoms with Crippen LogP contribution in [-0.2, 0) is 20.7 Å². The maximum Gasteiger partial charge on any atom is 0.310 e. The van der Waals surface area contributed by atoms with Crippen LogP contribution in [0.15, 0.2) is 36.4 Å². The molecule has 2 aromatic rings. The highest BCUT2D eigenvalue weighted by molar-refractivity contribution is 6.30. The van der Waals surface area contributed by atoms with Gasteiger partial charge in [-0.05, 0) is 61.7 Å². The Morgan fingerprint density at radius 3 is 2.59 bits per heavy atom. The van der Waals surface area contributed by atoms with Crippen LogP contribution in [0.5, 0.6) is 5.75 Å². The molecule has 0 radical (unpaired) electrons. The monoisotopic (exact) mass is 416 g/mol. The second-order valence-corrected chi connectivity index (χ2v) is 7.47. The fraction of sp³-hybridized carbons (Fsp3) is 0.364. The number of benzene rings is 2. The molecule has 154 valence electrons. The summed E-state index contributed by atoms with van der Waals surface area (Å²) in [6, 6.07) is 10.8. The second kappa shape index (κ2) is 9.65. The lowest BCUT2D eigenvalue weighted by molar-refractivity contribution is -0.146. The summed E-state index contributed by atoms with van der Waals surface area (Å²) < 4.78 is 10.3. The van der Waals surface area contributed by atoms with Crippen molar-refractivity contribution in [2.24, 2.45) is 0 Å². The van der Waals surface area contributed by atoms with Gasteiger partial charge in [-0.1, -0.05) is 11.6 Å². The van der Waals surface area contributed by atoms with E-state index in [2.05, 4.69) is 10.2 Å². The minimum Gasteiger partial charge on any atom is -0.496 e. The maximum atomic E-state index is 12.2. The molecule has 2 aromatic carbocycles. The van der Waals surface area contributed by atoms with Gasteiger partial charge in [0.15, 0.2) is 6.61 Å². The minimum atomic E-state index is -0.527. The van der Waals surface area contributed by atoms with Gasteiger partial charge in [0.2, 0.25) is 0 Å². The number of rotatable bonds is 7. The first-order valence-electron chi connectivity index (χ1n) is 9.60. The van der Waals surface area contributed by atoms with Crippen LogP contribution in [0.2, 0.25) is 5.02 Å². The molecule has 0 aliphatic carbocycles. The topological polar surface area (TPSA) is 67.9 Å². The van der Waals surface area contributed by atoms with Crippen molar-refractivity contribution >= 4 is 34.9 Å². The van der Waals surface area contributed by atoms with E-state index in [0.717, 1.165) is 18.7 Å². The number of carbonyl (C=O) groups is 2. The van der Waals surface area contributed by atoms with E-state index in [0.29, 0.717) is 22.0 Å². The molecule has 1 N–H and O–H groups in total. The van der Waals surface area contributed by atoms with Gasteiger partial charge in [-0.15, -0.1) is 0 Å². The predicted octanol–water partition coefficient (Wildman–Crippen LogP) is 3.98. The summed E-state index contributed by atoms with van der Waals surface area (Å²) in [6.45, 7) is 3.82. The van der Waals surface area contributed by atoms with Gasteiger partial charge < -0.3 is 19.7 Å². The van der Waals surface area contributed by atoms with Gasteiger partial charge in [0, 0.05) is 35.1 Å². The first kappa shape index (κ1) is 21.0. The van der Waals surface area contributed by atoms with E-state index < -0.39 is 5.97 Å². The van der Waals surface area contributed by atoms with Gasteiger partial charge in [0.05, 0.1) is 13.5 Å². The first-order valence-corrected chi connectivity index (χ1v) is 9.97. The zero-order valence-electron chi connectivity index (χ0n) is 16.7. The summed E-state index contributed by atoms with van der Waals surface area (Å²) in [7, 11) is 1.52. The number of methoxy groups -OCH3 is 1. The summed E-state index contributed by atoms with van der Waals surface area (Å²) in [5.41, 5.74) is 3.60. The van der Waals surface area contributed by atoms with Crippen molar-refractivity contribution in [2.45, 2.75) is 26.2 Å². The third-order valence-corrected chi connectivity index (χ3v) is 5.10. The van der Waals surface area contributed by atoms with E-state index in [1.165, 1.54) is 25.6 Å². The number of hydrogen-bond donors (Lipinski definition) is 1. The molecule has 1 aliphatic rings. The molecule has 1 saturated heterocycles. The highest BCUT2D eigenvalue weighted by atomic mass is 35.5. The number of nitrogens with one attached hydrogen (secondary N) is 1. The third kappa shape index (κ3) is 5.64. The van der Waals surface area contributed by atoms with Gasteiger partial charge in [0.25, 0.3) is 5.91 Å². The Labute approximate surface area is 175 Å². The fourth-order valence-corrected chi connectivity index (χ4v) is 3.68. The molecule has 29 heavy (non-hydrogen) atoms. The smallest absolute Gasteiger partial charge is 0.310 e. The van der Waals surface area contributed by atoms with Gasteiger partial charge in [-0.2, -0.15) is 0 Å². The summed E-state index contributed by atoms with van der Waals surface area (Å²) in [6.07, 6.45) is 2.40. The Kier molecular flexibility index (Phi) is 6.99. The van der Waals surface area contributed by atoms with E-state index in [1.807, 2.05) is 25.1 Å². The summed E-state index contributed by atoms with van der Waals surface area (Å²) in [5.74, 6) is -0.365. The molecule has 0 atom stereocenters. The molecule has 1 heterocycles. The minimum absolute atomic E-state index is 0.0271. The van der Waals surface area contributed by atoms with Crippen LogP contribution in [0, 0.1) is 6.92 Å². The number of amides is 1. The van der Waals surface area contributed by atoms with E-state index in [4.69, 9.17) is 21.1 Å². The molecule has 0 bridgehead atoms. The van der Waals surface area contributed by atoms with Crippen LogP contribution in [0.1, 0.15) is 24.0 Å². The van der Waals surface area contributed by atoms with Gasteiger partial charge in [0.1, 0.15) is 5.75 Å². The van der Waals surface area contributed by atoms with E-state index in [1.54, 1.807) is 18.2 Å². The van der Waals surface area contributed by atoms with Crippen LogP contribution in [0.3, 0.4) is 0 Å². The molecule has 0 spiro atoms. The van der Waals surface area contributed by atoms with Crippen molar-refractivity contribution in [2.75, 3.05) is 37.0 Å². The largest absolute Gasteiger partial charge is 0.496 e. The normalized spacial score (nSPS) is 13.3. The Morgan fingerprint density at radius 2 is 1.90 bits per heavy atom. The number of esters is 1. The number of hydrogen-bond acceptors (Lipinski definition) is 5. The third-order valence-electron chi connectivity index (χ3n) is 4.87. The zero-order chi connectivity index (χ0) is 20.8. The van der Waals surface area contributed by atoms with Gasteiger partial charge in [-0.3, -0.25) is 9.59 Å². The van der Waals surface area contributed by atoms with Crippen LogP contribution >= 0.6 is 11.6 Å². The summed E-state index contributed by atoms with van der Waals surface area (Å²) >= 11 is 5.97. The average Bonchev–Trinajstić information content (AvgIpc) is 3.21. The number of carbonyl (C=O) groups excluding carboxylic acids is 2. The SMILES string of the molecule is COc1ccc(Cl)cc1CC(=O)OCC(=O)Nc1ccc(N2CCCC2)c(C)c1. The molecule has 3 rings (SSSR count). The quantitative estimate of drug-likeness (QED) is 0.691. The molecule has 1 aliphatic heterocycles. The first-order chi connectivity index (χ1) is 14.0. The fourth-order valence-electron chi connectivity index (χ4n) is 3.48. The highest BCUT2D eigenvalue weighted by Gasteiger charge is 2.16. The molecule has 1 amide bonds. The molecule has 7 heteroatoms. The highest BCUT2D eigenvalue weighted by Crippen LogP contribution is 2.27. The van der Waals surface area contributed by atoms with E-state index >= 15 is 0 Å². The number of anilines is 2. The molecular weight excluding hydrogens is 392 g/mol. The number of aryl methyl sites for hydroxylation is 1. The standard InChI is InChI=1S/C22H25ClN2O4/c1-15-11-18(6-7-19(15)25-9-3-4-10-25)24-21(26)14-29-22(27)13-16-12-17(23)5-8-20(16)28-2/h5-8,11-12H,3-4,9-10,13-14H2,1-2H3,(H,24,26). The van der Waals surface area contributed by atoms with Crippen molar-refractivity contribution in [3.05, 3.63) is 52.5 Å². The number of nitrogens with zero attached hydrogens (tertiary/aromatic N) is 1. The van der Waals surface area contributed by atoms with Crippen molar-refractivity contribution in [3.8, 4) is 5.75 Å². The van der Waals surface area contributed by atoms with Gasteiger partial charge in [-0.25, -0.2) is 0 Å². The van der Waals surface area contributed by atoms with Crippen molar-refractivity contribution in [1.29, 1.82) is 0 Å². The molecule has 0 aromatic heterocycles. The van der Waals surface area contributed by atoms with E-state index in [9.17, 15) is 9.59 Å². The van der Waals surface area contributed by atoms with Crippen molar-refractivity contribution in [3.63, 3.8) is 0 Å². The van der Waals surface area contributed by atoms with Gasteiger partial charge >= 0.3 is 5.97 Å². The zero-order valence-corrected chi connectivity index (χ0v) is 17.4. The van der Waals surface area contributed by atoms with Crippen molar-refractivity contribution < 1.29 is 19.1 Å². The summed E-state index contributed by atoms with van der Waals surface area (Å²) in [4.78, 5) is 26.6. The average molecular weight is 417 g/mol. The Bertz CT molecular complexity index is 894. The van der Waals surface area contributed by atoms with Crippen LogP contribution < -0.4 is 15.0 Å². The molecule has 1 fully saturated rings. The lowest BCUT2D eigenvalue weighted by atomic mass is 10.1. The maximum absolute atomic E-state index is 12.2. The number of halogens is 1. The van der Waals surface area contributed by atoms with Crippen LogP contribution in [0.25, 0.3) is 0 Å². The van der Waals surface area contributed by atoms with Crippen LogP contribution in [0.4, 0.5) is 11.4 Å². The molecule has 0 saturated carbocycles. The summed E-state index contributed by atoms with van der Waals surface area (Å²) in [5, 5.41) is 3.27. The Balaban J connectivity index is 1.51. The molecule has 6 nitrogen and oxygen atoms in total. The Morgan fingerprint density at radius 1 is 1.14 bits per heavy atom. The molecule has 0 unspecified atom stereocenters. The molecular formula is C22H25ClN2O4. The number of ether oxygens (including phenoxy) is 2. The Hall–Kier alpha value is -2.73. The predicted molar refractivity (Wildman–Crippen MR) is 114 cm³/mol. The van der Waals surface area contributed by atoms with E-state index in [-0.39, 0.29) is 18.9 Å². The van der Waals surface area contributed by atoms with Crippen LogP contribution in [-0.4, -0.2) is 38.7 Å². The lowest BCUT2D eigenvalue weighted by Crippen LogP contribution is -2.22. The lowest BCUT2D eigenvalue weighted by Gasteiger charge is -2.20.